The van der Waals surface area contributed by atoms with Crippen molar-refractivity contribution in [3.05, 3.63) is 101 Å². The second-order valence-corrected chi connectivity index (χ2v) is 8.24. The third-order valence-corrected chi connectivity index (χ3v) is 5.52. The Morgan fingerprint density at radius 3 is 2.66 bits per heavy atom. The summed E-state index contributed by atoms with van der Waals surface area (Å²) >= 11 is 0. The average Bonchev–Trinajstić information content (AvgIpc) is 3.27. The van der Waals surface area contributed by atoms with E-state index in [-0.39, 0.29) is 37.3 Å². The Kier molecular flexibility index (Phi) is 7.40. The molecule has 0 fully saturated rings. The Labute approximate surface area is 203 Å². The lowest BCUT2D eigenvalue weighted by molar-refractivity contribution is -0.121. The van der Waals surface area contributed by atoms with E-state index in [0.717, 1.165) is 22.5 Å². The molecule has 4 aromatic rings. The first kappa shape index (κ1) is 23.9. The molecule has 0 saturated heterocycles. The molecule has 2 amide bonds. The van der Waals surface area contributed by atoms with E-state index in [4.69, 9.17) is 4.74 Å². The molecule has 2 heterocycles. The molecule has 7 nitrogen and oxygen atoms in total. The number of benzene rings is 2. The van der Waals surface area contributed by atoms with Crippen LogP contribution in [0.25, 0.3) is 5.65 Å². The van der Waals surface area contributed by atoms with E-state index in [1.807, 2.05) is 42.8 Å². The molecule has 180 valence electrons. The molecule has 0 aliphatic heterocycles. The van der Waals surface area contributed by atoms with Crippen molar-refractivity contribution < 1.29 is 18.7 Å². The lowest BCUT2D eigenvalue weighted by Gasteiger charge is -2.21. The zero-order valence-corrected chi connectivity index (χ0v) is 19.7. The molecular weight excluding hydrogens is 447 g/mol. The first-order chi connectivity index (χ1) is 16.9. The van der Waals surface area contributed by atoms with Crippen molar-refractivity contribution in [1.29, 1.82) is 0 Å². The first-order valence-electron chi connectivity index (χ1n) is 11.4. The van der Waals surface area contributed by atoms with Gasteiger partial charge in [0.1, 0.15) is 23.8 Å². The van der Waals surface area contributed by atoms with Crippen molar-refractivity contribution >= 4 is 17.5 Å². The summed E-state index contributed by atoms with van der Waals surface area (Å²) in [6.45, 7) is 4.65. The van der Waals surface area contributed by atoms with Crippen molar-refractivity contribution in [2.45, 2.75) is 27.0 Å². The Hall–Kier alpha value is -4.20. The highest BCUT2D eigenvalue weighted by Gasteiger charge is 2.18. The molecule has 0 aliphatic carbocycles. The summed E-state index contributed by atoms with van der Waals surface area (Å²) in [5, 5.41) is 2.76. The van der Waals surface area contributed by atoms with Gasteiger partial charge in [0.15, 0.2) is 0 Å². The summed E-state index contributed by atoms with van der Waals surface area (Å²) in [5.74, 6) is -0.347. The van der Waals surface area contributed by atoms with E-state index in [2.05, 4.69) is 10.3 Å². The number of amides is 2. The maximum absolute atomic E-state index is 13.0. The number of hydrogen-bond donors (Lipinski definition) is 1. The predicted octanol–water partition coefficient (Wildman–Crippen LogP) is 4.14. The fourth-order valence-corrected chi connectivity index (χ4v) is 3.64. The van der Waals surface area contributed by atoms with Crippen molar-refractivity contribution in [1.82, 2.24) is 19.6 Å². The number of imidazole rings is 1. The van der Waals surface area contributed by atoms with Crippen LogP contribution in [0.3, 0.4) is 0 Å². The Morgan fingerprint density at radius 1 is 1.09 bits per heavy atom. The molecule has 2 aromatic carbocycles. The Bertz CT molecular complexity index is 1330. The standard InChI is InChI=1S/C27H27FN4O3/c1-3-31(17-26(33)29-14-20-8-10-22(28)11-9-20)27(34)21-5-4-6-24(13-21)35-18-23-16-32-15-19(2)7-12-25(32)30-23/h4-13,15-16H,3,14,17-18H2,1-2H3,(H,29,33). The minimum atomic E-state index is -0.331. The normalized spacial score (nSPS) is 10.8. The topological polar surface area (TPSA) is 75.9 Å². The minimum absolute atomic E-state index is 0.0811. The molecule has 0 aliphatic rings. The van der Waals surface area contributed by atoms with Crippen molar-refractivity contribution in [2.24, 2.45) is 0 Å². The summed E-state index contributed by atoms with van der Waals surface area (Å²) < 4.78 is 20.9. The van der Waals surface area contributed by atoms with E-state index in [0.29, 0.717) is 17.9 Å². The van der Waals surface area contributed by atoms with E-state index in [9.17, 15) is 14.0 Å². The lowest BCUT2D eigenvalue weighted by atomic mass is 10.2. The minimum Gasteiger partial charge on any atom is -0.487 e. The number of aryl methyl sites for hydroxylation is 1. The van der Waals surface area contributed by atoms with E-state index < -0.39 is 0 Å². The zero-order chi connectivity index (χ0) is 24.8. The molecule has 4 rings (SSSR count). The smallest absolute Gasteiger partial charge is 0.254 e. The third-order valence-electron chi connectivity index (χ3n) is 5.52. The quantitative estimate of drug-likeness (QED) is 0.396. The predicted molar refractivity (Wildman–Crippen MR) is 131 cm³/mol. The van der Waals surface area contributed by atoms with Gasteiger partial charge in [-0.05, 0) is 61.4 Å². The number of pyridine rings is 1. The molecule has 1 N–H and O–H groups in total. The number of fused-ring (bicyclic) bond motifs is 1. The maximum Gasteiger partial charge on any atom is 0.254 e. The van der Waals surface area contributed by atoms with Gasteiger partial charge >= 0.3 is 0 Å². The summed E-state index contributed by atoms with van der Waals surface area (Å²) in [7, 11) is 0. The number of nitrogens with one attached hydrogen (secondary N) is 1. The van der Waals surface area contributed by atoms with Gasteiger partial charge in [0.25, 0.3) is 5.91 Å². The van der Waals surface area contributed by atoms with Gasteiger partial charge in [0, 0.05) is 31.0 Å². The van der Waals surface area contributed by atoms with Gasteiger partial charge in [0.2, 0.25) is 5.91 Å². The van der Waals surface area contributed by atoms with Crippen molar-refractivity contribution in [2.75, 3.05) is 13.1 Å². The molecule has 8 heteroatoms. The van der Waals surface area contributed by atoms with Crippen LogP contribution in [0, 0.1) is 12.7 Å². The summed E-state index contributed by atoms with van der Waals surface area (Å²) in [6.07, 6.45) is 3.92. The largest absolute Gasteiger partial charge is 0.487 e. The molecule has 2 aromatic heterocycles. The number of ether oxygens (including phenoxy) is 1. The van der Waals surface area contributed by atoms with Gasteiger partial charge in [-0.1, -0.05) is 24.3 Å². The summed E-state index contributed by atoms with van der Waals surface area (Å²) in [6, 6.07) is 16.7. The third kappa shape index (κ3) is 6.23. The second-order valence-electron chi connectivity index (χ2n) is 8.24. The van der Waals surface area contributed by atoms with E-state index in [1.165, 1.54) is 17.0 Å². The molecule has 0 saturated carbocycles. The molecule has 0 bridgehead atoms. The fourth-order valence-electron chi connectivity index (χ4n) is 3.64. The highest BCUT2D eigenvalue weighted by atomic mass is 19.1. The number of carbonyl (C=O) groups is 2. The monoisotopic (exact) mass is 474 g/mol. The van der Waals surface area contributed by atoms with Crippen LogP contribution in [0.5, 0.6) is 5.75 Å². The van der Waals surface area contributed by atoms with E-state index >= 15 is 0 Å². The van der Waals surface area contributed by atoms with Crippen molar-refractivity contribution in [3.8, 4) is 5.75 Å². The van der Waals surface area contributed by atoms with Crippen LogP contribution in [0.1, 0.15) is 34.1 Å². The van der Waals surface area contributed by atoms with Crippen LogP contribution < -0.4 is 10.1 Å². The van der Waals surface area contributed by atoms with Gasteiger partial charge in [-0.2, -0.15) is 0 Å². The van der Waals surface area contributed by atoms with Crippen LogP contribution in [0.2, 0.25) is 0 Å². The molecule has 0 unspecified atom stereocenters. The Balaban J connectivity index is 1.35. The fraction of sp³-hybridized carbons (Fsp3) is 0.222. The molecule has 0 radical (unpaired) electrons. The number of likely N-dealkylation sites (N-methyl/N-ethyl adjacent to an activating group) is 1. The van der Waals surface area contributed by atoms with Gasteiger partial charge < -0.3 is 19.4 Å². The number of halogens is 1. The highest BCUT2D eigenvalue weighted by molar-refractivity contribution is 5.96. The molecule has 0 spiro atoms. The van der Waals surface area contributed by atoms with Crippen LogP contribution in [-0.2, 0) is 17.9 Å². The lowest BCUT2D eigenvalue weighted by Crippen LogP contribution is -2.40. The van der Waals surface area contributed by atoms with Gasteiger partial charge in [-0.15, -0.1) is 0 Å². The van der Waals surface area contributed by atoms with Crippen LogP contribution >= 0.6 is 0 Å². The molecule has 0 atom stereocenters. The van der Waals surface area contributed by atoms with E-state index in [1.54, 1.807) is 36.4 Å². The molecular formula is C27H27FN4O3. The van der Waals surface area contributed by atoms with Gasteiger partial charge in [-0.25, -0.2) is 9.37 Å². The van der Waals surface area contributed by atoms with Crippen LogP contribution in [0.4, 0.5) is 4.39 Å². The summed E-state index contributed by atoms with van der Waals surface area (Å²) in [5.41, 5.74) is 3.97. The first-order valence-corrected chi connectivity index (χ1v) is 11.4. The van der Waals surface area contributed by atoms with Crippen molar-refractivity contribution in [3.63, 3.8) is 0 Å². The van der Waals surface area contributed by atoms with Gasteiger partial charge in [-0.3, -0.25) is 9.59 Å². The number of rotatable bonds is 9. The van der Waals surface area contributed by atoms with Crippen LogP contribution in [-0.4, -0.2) is 39.2 Å². The number of carbonyl (C=O) groups excluding carboxylic acids is 2. The van der Waals surface area contributed by atoms with Gasteiger partial charge in [0.05, 0.1) is 12.2 Å². The number of hydrogen-bond acceptors (Lipinski definition) is 4. The SMILES string of the molecule is CCN(CC(=O)NCc1ccc(F)cc1)C(=O)c1cccc(OCc2cn3cc(C)ccc3n2)c1. The Morgan fingerprint density at radius 2 is 1.89 bits per heavy atom. The maximum atomic E-state index is 13.0. The average molecular weight is 475 g/mol. The summed E-state index contributed by atoms with van der Waals surface area (Å²) in [4.78, 5) is 31.4. The molecule has 35 heavy (non-hydrogen) atoms. The second kappa shape index (κ2) is 10.8. The highest BCUT2D eigenvalue weighted by Crippen LogP contribution is 2.17. The zero-order valence-electron chi connectivity index (χ0n) is 19.7. The number of aromatic nitrogens is 2. The van der Waals surface area contributed by atoms with Crippen LogP contribution in [0.15, 0.2) is 73.1 Å². The number of nitrogens with zero attached hydrogens (tertiary/aromatic N) is 3.